The highest BCUT2D eigenvalue weighted by Gasteiger charge is 2.39. The highest BCUT2D eigenvalue weighted by molar-refractivity contribution is 5.58. The van der Waals surface area contributed by atoms with Crippen molar-refractivity contribution in [2.24, 2.45) is 5.92 Å². The highest BCUT2D eigenvalue weighted by Crippen LogP contribution is 2.49. The van der Waals surface area contributed by atoms with Gasteiger partial charge in [0.25, 0.3) is 0 Å². The molecule has 2 aromatic rings. The van der Waals surface area contributed by atoms with Crippen molar-refractivity contribution in [3.63, 3.8) is 0 Å². The van der Waals surface area contributed by atoms with Crippen molar-refractivity contribution in [1.29, 1.82) is 0 Å². The SMILES string of the molecule is Cc1ccc(C2Nc3ccc(C)cc3[C@H]3OCCC[C@@H]23)cc1. The molecule has 2 heteroatoms. The fourth-order valence-electron chi connectivity index (χ4n) is 3.89. The van der Waals surface area contributed by atoms with Crippen molar-refractivity contribution in [2.45, 2.75) is 38.8 Å². The van der Waals surface area contributed by atoms with Crippen LogP contribution in [0.25, 0.3) is 0 Å². The van der Waals surface area contributed by atoms with E-state index in [-0.39, 0.29) is 6.10 Å². The van der Waals surface area contributed by atoms with E-state index in [0.717, 1.165) is 13.0 Å². The van der Waals surface area contributed by atoms with Gasteiger partial charge in [-0.15, -0.1) is 0 Å². The number of nitrogens with one attached hydrogen (secondary N) is 1. The average Bonchev–Trinajstić information content (AvgIpc) is 2.55. The van der Waals surface area contributed by atoms with Crippen LogP contribution in [0.5, 0.6) is 0 Å². The minimum Gasteiger partial charge on any atom is -0.378 e. The van der Waals surface area contributed by atoms with Gasteiger partial charge >= 0.3 is 0 Å². The minimum atomic E-state index is 0.233. The maximum absolute atomic E-state index is 6.20. The van der Waals surface area contributed by atoms with Gasteiger partial charge in [0.15, 0.2) is 0 Å². The predicted octanol–water partition coefficient (Wildman–Crippen LogP) is 4.94. The Bertz CT molecular complexity index is 677. The van der Waals surface area contributed by atoms with Gasteiger partial charge in [-0.05, 0) is 38.3 Å². The van der Waals surface area contributed by atoms with E-state index in [1.165, 1.54) is 34.4 Å². The summed E-state index contributed by atoms with van der Waals surface area (Å²) in [6.45, 7) is 5.18. The third kappa shape index (κ3) is 2.32. The fourth-order valence-corrected chi connectivity index (χ4v) is 3.89. The van der Waals surface area contributed by atoms with Crippen LogP contribution in [-0.2, 0) is 4.74 Å². The quantitative estimate of drug-likeness (QED) is 0.804. The summed E-state index contributed by atoms with van der Waals surface area (Å²) in [5.74, 6) is 0.519. The van der Waals surface area contributed by atoms with Gasteiger partial charge in [-0.25, -0.2) is 0 Å². The van der Waals surface area contributed by atoms with Gasteiger partial charge < -0.3 is 10.1 Å². The number of aryl methyl sites for hydroxylation is 2. The molecular formula is C20H23NO. The summed E-state index contributed by atoms with van der Waals surface area (Å²) in [5, 5.41) is 3.78. The van der Waals surface area contributed by atoms with Crippen molar-refractivity contribution in [3.8, 4) is 0 Å². The van der Waals surface area contributed by atoms with Gasteiger partial charge in [-0.1, -0.05) is 47.5 Å². The van der Waals surface area contributed by atoms with Crippen LogP contribution < -0.4 is 5.32 Å². The van der Waals surface area contributed by atoms with Gasteiger partial charge in [0.05, 0.1) is 12.1 Å². The highest BCUT2D eigenvalue weighted by atomic mass is 16.5. The topological polar surface area (TPSA) is 21.3 Å². The third-order valence-electron chi connectivity index (χ3n) is 5.06. The molecule has 2 heterocycles. The molecule has 0 saturated carbocycles. The van der Waals surface area contributed by atoms with Crippen molar-refractivity contribution in [3.05, 3.63) is 64.7 Å². The normalized spacial score (nSPS) is 26.7. The Labute approximate surface area is 132 Å². The molecule has 2 nitrogen and oxygen atoms in total. The smallest absolute Gasteiger partial charge is 0.0895 e. The minimum absolute atomic E-state index is 0.233. The second-order valence-corrected chi connectivity index (χ2v) is 6.72. The summed E-state index contributed by atoms with van der Waals surface area (Å²) in [5.41, 5.74) is 6.57. The first kappa shape index (κ1) is 13.8. The summed E-state index contributed by atoms with van der Waals surface area (Å²) >= 11 is 0. The molecule has 0 bridgehead atoms. The van der Waals surface area contributed by atoms with Crippen LogP contribution in [0.4, 0.5) is 5.69 Å². The van der Waals surface area contributed by atoms with E-state index in [1.807, 2.05) is 0 Å². The number of anilines is 1. The molecule has 1 saturated heterocycles. The van der Waals surface area contributed by atoms with E-state index < -0.39 is 0 Å². The Morgan fingerprint density at radius 1 is 1.00 bits per heavy atom. The van der Waals surface area contributed by atoms with E-state index in [4.69, 9.17) is 4.74 Å². The largest absolute Gasteiger partial charge is 0.378 e. The summed E-state index contributed by atoms with van der Waals surface area (Å²) < 4.78 is 6.20. The number of hydrogen-bond acceptors (Lipinski definition) is 2. The zero-order valence-electron chi connectivity index (χ0n) is 13.3. The monoisotopic (exact) mass is 293 g/mol. The summed E-state index contributed by atoms with van der Waals surface area (Å²) in [7, 11) is 0. The van der Waals surface area contributed by atoms with Crippen LogP contribution in [0.3, 0.4) is 0 Å². The molecule has 0 amide bonds. The van der Waals surface area contributed by atoms with Crippen molar-refractivity contribution in [1.82, 2.24) is 0 Å². The Morgan fingerprint density at radius 2 is 1.77 bits per heavy atom. The van der Waals surface area contributed by atoms with E-state index in [2.05, 4.69) is 61.6 Å². The number of rotatable bonds is 1. The molecule has 3 atom stereocenters. The Hall–Kier alpha value is -1.80. The molecule has 1 fully saturated rings. The van der Waals surface area contributed by atoms with E-state index >= 15 is 0 Å². The van der Waals surface area contributed by atoms with Gasteiger partial charge in [0, 0.05) is 23.8 Å². The molecule has 0 spiro atoms. The van der Waals surface area contributed by atoms with Crippen LogP contribution >= 0.6 is 0 Å². The molecule has 2 aliphatic rings. The number of ether oxygens (including phenoxy) is 1. The number of hydrogen-bond donors (Lipinski definition) is 1. The van der Waals surface area contributed by atoms with E-state index in [0.29, 0.717) is 12.0 Å². The number of fused-ring (bicyclic) bond motifs is 3. The van der Waals surface area contributed by atoms with Gasteiger partial charge in [0.1, 0.15) is 0 Å². The van der Waals surface area contributed by atoms with Crippen LogP contribution in [0, 0.1) is 19.8 Å². The molecule has 2 aliphatic heterocycles. The lowest BCUT2D eigenvalue weighted by molar-refractivity contribution is -0.0381. The molecule has 2 aromatic carbocycles. The Morgan fingerprint density at radius 3 is 2.59 bits per heavy atom. The molecule has 0 radical (unpaired) electrons. The zero-order chi connectivity index (χ0) is 15.1. The maximum Gasteiger partial charge on any atom is 0.0895 e. The lowest BCUT2D eigenvalue weighted by atomic mass is 9.77. The molecule has 114 valence electrons. The van der Waals surface area contributed by atoms with E-state index in [1.54, 1.807) is 0 Å². The van der Waals surface area contributed by atoms with Crippen molar-refractivity contribution in [2.75, 3.05) is 11.9 Å². The summed E-state index contributed by atoms with van der Waals surface area (Å²) in [6.07, 6.45) is 2.62. The van der Waals surface area contributed by atoms with Crippen molar-refractivity contribution < 1.29 is 4.74 Å². The van der Waals surface area contributed by atoms with Crippen LogP contribution in [-0.4, -0.2) is 6.61 Å². The van der Waals surface area contributed by atoms with Crippen LogP contribution in [0.1, 0.15) is 47.2 Å². The first-order valence-corrected chi connectivity index (χ1v) is 8.27. The second-order valence-electron chi connectivity index (χ2n) is 6.72. The lowest BCUT2D eigenvalue weighted by Crippen LogP contribution is -2.36. The standard InChI is InChI=1S/C20H23NO/c1-13-5-8-15(9-6-13)19-16-4-3-11-22-20(16)17-12-14(2)7-10-18(17)21-19/h5-10,12,16,19-21H,3-4,11H2,1-2H3/t16-,19?,20-/m0/s1. The maximum atomic E-state index is 6.20. The Balaban J connectivity index is 1.77. The first-order valence-electron chi connectivity index (χ1n) is 8.27. The van der Waals surface area contributed by atoms with Gasteiger partial charge in [0.2, 0.25) is 0 Å². The third-order valence-corrected chi connectivity index (χ3v) is 5.06. The zero-order valence-corrected chi connectivity index (χ0v) is 13.3. The molecular weight excluding hydrogens is 270 g/mol. The summed E-state index contributed by atoms with van der Waals surface area (Å²) in [4.78, 5) is 0. The van der Waals surface area contributed by atoms with Gasteiger partial charge in [-0.2, -0.15) is 0 Å². The summed E-state index contributed by atoms with van der Waals surface area (Å²) in [6, 6.07) is 16.0. The Kier molecular flexibility index (Phi) is 3.42. The fraction of sp³-hybridized carbons (Fsp3) is 0.400. The van der Waals surface area contributed by atoms with Crippen molar-refractivity contribution >= 4 is 5.69 Å². The predicted molar refractivity (Wildman–Crippen MR) is 90.1 cm³/mol. The average molecular weight is 293 g/mol. The lowest BCUT2D eigenvalue weighted by Gasteiger charge is -2.43. The van der Waals surface area contributed by atoms with E-state index in [9.17, 15) is 0 Å². The molecule has 0 aromatic heterocycles. The molecule has 1 N–H and O–H groups in total. The molecule has 1 unspecified atom stereocenters. The second kappa shape index (κ2) is 5.44. The van der Waals surface area contributed by atoms with Gasteiger partial charge in [-0.3, -0.25) is 0 Å². The molecule has 0 aliphatic carbocycles. The molecule has 22 heavy (non-hydrogen) atoms. The first-order chi connectivity index (χ1) is 10.7. The van der Waals surface area contributed by atoms with Crippen LogP contribution in [0.2, 0.25) is 0 Å². The molecule has 4 rings (SSSR count). The number of benzene rings is 2. The van der Waals surface area contributed by atoms with Crippen LogP contribution in [0.15, 0.2) is 42.5 Å².